The Labute approximate surface area is 209 Å². The molecule has 1 atom stereocenters. The third-order valence-corrected chi connectivity index (χ3v) is 7.34. The van der Waals surface area contributed by atoms with Gasteiger partial charge in [-0.3, -0.25) is 0 Å². The first-order chi connectivity index (χ1) is 17.4. The molecular weight excluding hydrogens is 477 g/mol. The standard InChI is InChI=1S/C28H24FN3O3S/c1-20(31-36(33,34)27-14-7-22(8-15-27)21-5-3-2-4-6-21)19-35-26-13-16-28-23(17-26)18-30-32(28)25-11-9-24(29)10-12-25/h2-18,20,31H,19H2,1H3/t20-/m0/s1. The van der Waals surface area contributed by atoms with Crippen LogP contribution in [0.5, 0.6) is 5.75 Å². The average molecular weight is 502 g/mol. The molecule has 0 radical (unpaired) electrons. The first-order valence-electron chi connectivity index (χ1n) is 11.4. The Morgan fingerprint density at radius 1 is 0.917 bits per heavy atom. The molecular formula is C28H24FN3O3S. The van der Waals surface area contributed by atoms with Gasteiger partial charge in [0.15, 0.2) is 0 Å². The van der Waals surface area contributed by atoms with Gasteiger partial charge >= 0.3 is 0 Å². The van der Waals surface area contributed by atoms with Crippen LogP contribution in [0.15, 0.2) is 108 Å². The molecule has 4 aromatic carbocycles. The third-order valence-electron chi connectivity index (χ3n) is 5.74. The maximum atomic E-state index is 13.2. The summed E-state index contributed by atoms with van der Waals surface area (Å²) in [5.41, 5.74) is 3.57. The Balaban J connectivity index is 1.22. The van der Waals surface area contributed by atoms with Gasteiger partial charge in [0.2, 0.25) is 10.0 Å². The summed E-state index contributed by atoms with van der Waals surface area (Å²) in [6, 6.07) is 27.7. The number of fused-ring (bicyclic) bond motifs is 1. The van der Waals surface area contributed by atoms with E-state index in [2.05, 4.69) is 9.82 Å². The molecule has 0 aliphatic carbocycles. The van der Waals surface area contributed by atoms with E-state index >= 15 is 0 Å². The molecule has 6 nitrogen and oxygen atoms in total. The maximum absolute atomic E-state index is 13.2. The van der Waals surface area contributed by atoms with Crippen molar-refractivity contribution in [1.29, 1.82) is 0 Å². The van der Waals surface area contributed by atoms with E-state index in [0.717, 1.165) is 27.7 Å². The second-order valence-electron chi connectivity index (χ2n) is 8.48. The Hall–Kier alpha value is -4.01. The molecule has 5 aromatic rings. The molecule has 36 heavy (non-hydrogen) atoms. The molecule has 182 valence electrons. The number of halogens is 1. The summed E-state index contributed by atoms with van der Waals surface area (Å²) in [6.07, 6.45) is 1.71. The second-order valence-corrected chi connectivity index (χ2v) is 10.2. The van der Waals surface area contributed by atoms with Gasteiger partial charge in [0.25, 0.3) is 0 Å². The molecule has 0 aliphatic rings. The zero-order valence-corrected chi connectivity index (χ0v) is 20.3. The summed E-state index contributed by atoms with van der Waals surface area (Å²) < 4.78 is 49.1. The molecule has 0 unspecified atom stereocenters. The van der Waals surface area contributed by atoms with E-state index in [9.17, 15) is 12.8 Å². The van der Waals surface area contributed by atoms with E-state index in [1.807, 2.05) is 42.5 Å². The van der Waals surface area contributed by atoms with Crippen LogP contribution in [-0.4, -0.2) is 30.8 Å². The van der Waals surface area contributed by atoms with E-state index in [-0.39, 0.29) is 17.3 Å². The highest BCUT2D eigenvalue weighted by Gasteiger charge is 2.18. The van der Waals surface area contributed by atoms with Crippen molar-refractivity contribution in [2.24, 2.45) is 0 Å². The molecule has 1 N–H and O–H groups in total. The smallest absolute Gasteiger partial charge is 0.240 e. The highest BCUT2D eigenvalue weighted by Crippen LogP contribution is 2.24. The average Bonchev–Trinajstić information content (AvgIpc) is 3.32. The molecule has 0 saturated carbocycles. The molecule has 0 aliphatic heterocycles. The Bertz CT molecular complexity index is 1580. The highest BCUT2D eigenvalue weighted by atomic mass is 32.2. The molecule has 1 aromatic heterocycles. The first-order valence-corrected chi connectivity index (χ1v) is 12.9. The SMILES string of the molecule is C[C@@H](COc1ccc2c(cnn2-c2ccc(F)cc2)c1)NS(=O)(=O)c1ccc(-c2ccccc2)cc1. The lowest BCUT2D eigenvalue weighted by Crippen LogP contribution is -2.36. The summed E-state index contributed by atoms with van der Waals surface area (Å²) in [6.45, 7) is 1.90. The van der Waals surface area contributed by atoms with Gasteiger partial charge in [-0.05, 0) is 72.6 Å². The van der Waals surface area contributed by atoms with Gasteiger partial charge in [-0.1, -0.05) is 42.5 Å². The minimum Gasteiger partial charge on any atom is -0.492 e. The van der Waals surface area contributed by atoms with E-state index in [4.69, 9.17) is 4.74 Å². The molecule has 1 heterocycles. The van der Waals surface area contributed by atoms with Crippen LogP contribution in [0.4, 0.5) is 4.39 Å². The summed E-state index contributed by atoms with van der Waals surface area (Å²) in [4.78, 5) is 0.198. The van der Waals surface area contributed by atoms with Crippen LogP contribution < -0.4 is 9.46 Å². The lowest BCUT2D eigenvalue weighted by atomic mass is 10.1. The molecule has 0 bridgehead atoms. The monoisotopic (exact) mass is 501 g/mol. The van der Waals surface area contributed by atoms with Crippen LogP contribution in [0.2, 0.25) is 0 Å². The van der Waals surface area contributed by atoms with Gasteiger partial charge in [0.1, 0.15) is 18.2 Å². The Morgan fingerprint density at radius 3 is 2.33 bits per heavy atom. The van der Waals surface area contributed by atoms with Crippen LogP contribution in [0.25, 0.3) is 27.7 Å². The first kappa shape index (κ1) is 23.7. The Kier molecular flexibility index (Phi) is 6.54. The normalized spacial score (nSPS) is 12.5. The lowest BCUT2D eigenvalue weighted by Gasteiger charge is -2.16. The maximum Gasteiger partial charge on any atom is 0.240 e. The van der Waals surface area contributed by atoms with Crippen LogP contribution in [0, 0.1) is 5.82 Å². The van der Waals surface area contributed by atoms with E-state index in [0.29, 0.717) is 5.75 Å². The number of hydrogen-bond acceptors (Lipinski definition) is 4. The number of sulfonamides is 1. The van der Waals surface area contributed by atoms with Crippen LogP contribution in [0.3, 0.4) is 0 Å². The van der Waals surface area contributed by atoms with Crippen molar-refractivity contribution in [1.82, 2.24) is 14.5 Å². The number of nitrogens with zero attached hydrogens (tertiary/aromatic N) is 2. The number of benzene rings is 4. The van der Waals surface area contributed by atoms with E-state index < -0.39 is 16.1 Å². The fourth-order valence-electron chi connectivity index (χ4n) is 3.93. The topological polar surface area (TPSA) is 73.2 Å². The molecule has 8 heteroatoms. The second kappa shape index (κ2) is 9.93. The van der Waals surface area contributed by atoms with Crippen molar-refractivity contribution < 1.29 is 17.5 Å². The predicted octanol–water partition coefficient (Wildman–Crippen LogP) is 5.58. The van der Waals surface area contributed by atoms with Gasteiger partial charge in [-0.2, -0.15) is 5.10 Å². The van der Waals surface area contributed by atoms with Crippen LogP contribution >= 0.6 is 0 Å². The number of hydrogen-bond donors (Lipinski definition) is 1. The van der Waals surface area contributed by atoms with Gasteiger partial charge in [0.05, 0.1) is 28.3 Å². The molecule has 0 amide bonds. The minimum atomic E-state index is -3.70. The number of nitrogens with one attached hydrogen (secondary N) is 1. The zero-order chi connectivity index (χ0) is 25.1. The highest BCUT2D eigenvalue weighted by molar-refractivity contribution is 7.89. The summed E-state index contributed by atoms with van der Waals surface area (Å²) in [5, 5.41) is 5.24. The predicted molar refractivity (Wildman–Crippen MR) is 138 cm³/mol. The lowest BCUT2D eigenvalue weighted by molar-refractivity contribution is 0.288. The molecule has 0 saturated heterocycles. The van der Waals surface area contributed by atoms with Gasteiger partial charge in [0, 0.05) is 5.39 Å². The van der Waals surface area contributed by atoms with E-state index in [1.54, 1.807) is 60.3 Å². The van der Waals surface area contributed by atoms with Crippen LogP contribution in [0.1, 0.15) is 6.92 Å². The van der Waals surface area contributed by atoms with Crippen molar-refractivity contribution in [3.05, 3.63) is 109 Å². The summed E-state index contributed by atoms with van der Waals surface area (Å²) in [5.74, 6) is 0.291. The van der Waals surface area contributed by atoms with Crippen LogP contribution in [-0.2, 0) is 10.0 Å². The summed E-state index contributed by atoms with van der Waals surface area (Å²) in [7, 11) is -3.70. The van der Waals surface area contributed by atoms with Gasteiger partial charge < -0.3 is 4.74 Å². The summed E-state index contributed by atoms with van der Waals surface area (Å²) >= 11 is 0. The molecule has 5 rings (SSSR count). The van der Waals surface area contributed by atoms with Crippen molar-refractivity contribution in [3.63, 3.8) is 0 Å². The quantitative estimate of drug-likeness (QED) is 0.301. The minimum absolute atomic E-state index is 0.152. The number of rotatable bonds is 8. The van der Waals surface area contributed by atoms with Gasteiger partial charge in [-0.25, -0.2) is 22.2 Å². The molecule has 0 fully saturated rings. The van der Waals surface area contributed by atoms with Crippen molar-refractivity contribution in [3.8, 4) is 22.6 Å². The fourth-order valence-corrected chi connectivity index (χ4v) is 5.16. The third kappa shape index (κ3) is 5.15. The largest absolute Gasteiger partial charge is 0.492 e. The van der Waals surface area contributed by atoms with E-state index in [1.165, 1.54) is 12.1 Å². The van der Waals surface area contributed by atoms with Crippen molar-refractivity contribution in [2.45, 2.75) is 17.9 Å². The van der Waals surface area contributed by atoms with Crippen molar-refractivity contribution in [2.75, 3.05) is 6.61 Å². The van der Waals surface area contributed by atoms with Crippen molar-refractivity contribution >= 4 is 20.9 Å². The number of ether oxygens (including phenoxy) is 1. The number of aromatic nitrogens is 2. The van der Waals surface area contributed by atoms with Gasteiger partial charge in [-0.15, -0.1) is 0 Å². The fraction of sp³-hybridized carbons (Fsp3) is 0.107. The molecule has 0 spiro atoms. The Morgan fingerprint density at radius 2 is 1.61 bits per heavy atom. The zero-order valence-electron chi connectivity index (χ0n) is 19.5.